The van der Waals surface area contributed by atoms with Crippen LogP contribution in [0.15, 0.2) is 12.3 Å². The minimum Gasteiger partial charge on any atom is -0.397 e. The first-order valence-corrected chi connectivity index (χ1v) is 7.06. The van der Waals surface area contributed by atoms with E-state index in [4.69, 9.17) is 10.5 Å². The second-order valence-corrected chi connectivity index (χ2v) is 5.05. The van der Waals surface area contributed by atoms with E-state index in [9.17, 15) is 4.79 Å². The summed E-state index contributed by atoms with van der Waals surface area (Å²) in [5.41, 5.74) is 7.03. The Morgan fingerprint density at radius 1 is 1.58 bits per heavy atom. The first-order valence-electron chi connectivity index (χ1n) is 7.06. The van der Waals surface area contributed by atoms with E-state index in [0.717, 1.165) is 32.4 Å². The summed E-state index contributed by atoms with van der Waals surface area (Å²) < 4.78 is 7.51. The van der Waals surface area contributed by atoms with Crippen molar-refractivity contribution in [3.05, 3.63) is 18.0 Å². The smallest absolute Gasteiger partial charge is 0.268 e. The molecule has 1 atom stereocenters. The molecule has 1 saturated heterocycles. The summed E-state index contributed by atoms with van der Waals surface area (Å²) in [7, 11) is 0. The molecule has 19 heavy (non-hydrogen) atoms. The van der Waals surface area contributed by atoms with Crippen molar-refractivity contribution in [2.75, 3.05) is 18.9 Å². The Labute approximate surface area is 114 Å². The summed E-state index contributed by atoms with van der Waals surface area (Å²) in [4.78, 5) is 12.2. The highest BCUT2D eigenvalue weighted by Crippen LogP contribution is 2.13. The Morgan fingerprint density at radius 3 is 3.11 bits per heavy atom. The number of carbonyl (C=O) groups is 1. The first kappa shape index (κ1) is 13.9. The number of aromatic nitrogens is 1. The van der Waals surface area contributed by atoms with Crippen molar-refractivity contribution in [2.45, 2.75) is 45.3 Å². The SMILES string of the molecule is CCCn1cc(N)cc1C(=O)NCC1CCCCO1. The normalized spacial score (nSPS) is 19.3. The molecular weight excluding hydrogens is 242 g/mol. The molecule has 0 spiro atoms. The molecule has 1 aromatic rings. The number of rotatable bonds is 5. The molecule has 1 aliphatic rings. The van der Waals surface area contributed by atoms with Gasteiger partial charge in [-0.05, 0) is 31.7 Å². The van der Waals surface area contributed by atoms with Gasteiger partial charge in [0.15, 0.2) is 0 Å². The summed E-state index contributed by atoms with van der Waals surface area (Å²) in [6.45, 7) is 4.27. The maximum Gasteiger partial charge on any atom is 0.268 e. The number of carbonyl (C=O) groups excluding carboxylic acids is 1. The lowest BCUT2D eigenvalue weighted by Crippen LogP contribution is -2.36. The van der Waals surface area contributed by atoms with Crippen molar-refractivity contribution < 1.29 is 9.53 Å². The zero-order valence-electron chi connectivity index (χ0n) is 11.5. The van der Waals surface area contributed by atoms with Crippen molar-refractivity contribution in [3.63, 3.8) is 0 Å². The fraction of sp³-hybridized carbons (Fsp3) is 0.643. The van der Waals surface area contributed by atoms with E-state index in [1.165, 1.54) is 6.42 Å². The van der Waals surface area contributed by atoms with Crippen molar-refractivity contribution in [2.24, 2.45) is 0 Å². The number of nitrogens with two attached hydrogens (primary N) is 1. The number of hydrogen-bond donors (Lipinski definition) is 2. The first-order chi connectivity index (χ1) is 9.20. The lowest BCUT2D eigenvalue weighted by Gasteiger charge is -2.22. The second-order valence-electron chi connectivity index (χ2n) is 5.05. The Balaban J connectivity index is 1.91. The lowest BCUT2D eigenvalue weighted by atomic mass is 10.1. The quantitative estimate of drug-likeness (QED) is 0.852. The zero-order chi connectivity index (χ0) is 13.7. The van der Waals surface area contributed by atoms with Crippen molar-refractivity contribution in [3.8, 4) is 0 Å². The van der Waals surface area contributed by atoms with E-state index in [2.05, 4.69) is 12.2 Å². The van der Waals surface area contributed by atoms with Gasteiger partial charge in [-0.1, -0.05) is 6.92 Å². The maximum absolute atomic E-state index is 12.2. The van der Waals surface area contributed by atoms with Crippen LogP contribution in [0.4, 0.5) is 5.69 Å². The highest BCUT2D eigenvalue weighted by Gasteiger charge is 2.17. The Bertz CT molecular complexity index is 422. The molecule has 3 N–H and O–H groups in total. The van der Waals surface area contributed by atoms with Gasteiger partial charge in [-0.15, -0.1) is 0 Å². The molecule has 1 fully saturated rings. The predicted molar refractivity (Wildman–Crippen MR) is 75.1 cm³/mol. The van der Waals surface area contributed by atoms with Gasteiger partial charge >= 0.3 is 0 Å². The predicted octanol–water partition coefficient (Wildman–Crippen LogP) is 1.78. The van der Waals surface area contributed by atoms with Gasteiger partial charge in [0, 0.05) is 25.9 Å². The maximum atomic E-state index is 12.2. The Hall–Kier alpha value is -1.49. The third-order valence-electron chi connectivity index (χ3n) is 3.38. The minimum absolute atomic E-state index is 0.0701. The van der Waals surface area contributed by atoms with Gasteiger partial charge in [0.1, 0.15) is 5.69 Å². The molecule has 1 amide bonds. The summed E-state index contributed by atoms with van der Waals surface area (Å²) in [6.07, 6.45) is 6.28. The number of anilines is 1. The van der Waals surface area contributed by atoms with Crippen LogP contribution in [-0.2, 0) is 11.3 Å². The van der Waals surface area contributed by atoms with Gasteiger partial charge in [0.25, 0.3) is 5.91 Å². The van der Waals surface area contributed by atoms with Gasteiger partial charge in [-0.2, -0.15) is 0 Å². The number of hydrogen-bond acceptors (Lipinski definition) is 3. The molecule has 5 heteroatoms. The second kappa shape index (κ2) is 6.61. The molecule has 0 aromatic carbocycles. The molecule has 5 nitrogen and oxygen atoms in total. The standard InChI is InChI=1S/C14H23N3O2/c1-2-6-17-10-11(15)8-13(17)14(18)16-9-12-5-3-4-7-19-12/h8,10,12H,2-7,9,15H2,1H3,(H,16,18). The lowest BCUT2D eigenvalue weighted by molar-refractivity contribution is 0.0168. The number of nitrogen functional groups attached to an aromatic ring is 1. The third kappa shape index (κ3) is 3.73. The van der Waals surface area contributed by atoms with E-state index in [0.29, 0.717) is 17.9 Å². The number of aryl methyl sites for hydroxylation is 1. The largest absolute Gasteiger partial charge is 0.397 e. The summed E-state index contributed by atoms with van der Waals surface area (Å²) in [5.74, 6) is -0.0701. The van der Waals surface area contributed by atoms with Crippen LogP contribution in [0.5, 0.6) is 0 Å². The summed E-state index contributed by atoms with van der Waals surface area (Å²) in [5, 5.41) is 2.94. The molecule has 0 radical (unpaired) electrons. The summed E-state index contributed by atoms with van der Waals surface area (Å²) >= 11 is 0. The Morgan fingerprint density at radius 2 is 2.42 bits per heavy atom. The average Bonchev–Trinajstić information content (AvgIpc) is 2.79. The van der Waals surface area contributed by atoms with E-state index >= 15 is 0 Å². The molecule has 1 aliphatic heterocycles. The number of nitrogens with one attached hydrogen (secondary N) is 1. The van der Waals surface area contributed by atoms with Gasteiger partial charge in [-0.3, -0.25) is 4.79 Å². The van der Waals surface area contributed by atoms with Crippen LogP contribution in [0, 0.1) is 0 Å². The fourth-order valence-electron chi connectivity index (χ4n) is 2.41. The fourth-order valence-corrected chi connectivity index (χ4v) is 2.41. The van der Waals surface area contributed by atoms with Crippen molar-refractivity contribution in [1.82, 2.24) is 9.88 Å². The molecule has 2 rings (SSSR count). The number of nitrogens with zero attached hydrogens (tertiary/aromatic N) is 1. The van der Waals surface area contributed by atoms with Gasteiger partial charge in [0.2, 0.25) is 0 Å². The molecule has 1 aromatic heterocycles. The number of amides is 1. The van der Waals surface area contributed by atoms with E-state index in [1.54, 1.807) is 6.07 Å². The topological polar surface area (TPSA) is 69.3 Å². The van der Waals surface area contributed by atoms with E-state index < -0.39 is 0 Å². The third-order valence-corrected chi connectivity index (χ3v) is 3.38. The molecule has 2 heterocycles. The highest BCUT2D eigenvalue weighted by molar-refractivity contribution is 5.93. The van der Waals surface area contributed by atoms with Gasteiger partial charge in [0.05, 0.1) is 11.8 Å². The van der Waals surface area contributed by atoms with Crippen LogP contribution in [0.1, 0.15) is 43.1 Å². The van der Waals surface area contributed by atoms with Crippen LogP contribution in [0.2, 0.25) is 0 Å². The molecule has 0 aliphatic carbocycles. The Kier molecular flexibility index (Phi) is 4.85. The minimum atomic E-state index is -0.0701. The summed E-state index contributed by atoms with van der Waals surface area (Å²) in [6, 6.07) is 1.73. The van der Waals surface area contributed by atoms with Crippen molar-refractivity contribution in [1.29, 1.82) is 0 Å². The van der Waals surface area contributed by atoms with Crippen molar-refractivity contribution >= 4 is 11.6 Å². The average molecular weight is 265 g/mol. The van der Waals surface area contributed by atoms with Gasteiger partial charge < -0.3 is 20.4 Å². The van der Waals surface area contributed by atoms with Crippen LogP contribution in [0.25, 0.3) is 0 Å². The molecule has 1 unspecified atom stereocenters. The molecular formula is C14H23N3O2. The van der Waals surface area contributed by atoms with E-state index in [1.807, 2.05) is 10.8 Å². The molecule has 0 saturated carbocycles. The zero-order valence-corrected chi connectivity index (χ0v) is 11.5. The molecule has 106 valence electrons. The van der Waals surface area contributed by atoms with Crippen LogP contribution in [0.3, 0.4) is 0 Å². The van der Waals surface area contributed by atoms with Crippen LogP contribution < -0.4 is 11.1 Å². The highest BCUT2D eigenvalue weighted by atomic mass is 16.5. The monoisotopic (exact) mass is 265 g/mol. The van der Waals surface area contributed by atoms with Crippen LogP contribution in [-0.4, -0.2) is 29.7 Å². The van der Waals surface area contributed by atoms with E-state index in [-0.39, 0.29) is 12.0 Å². The molecule has 0 bridgehead atoms. The number of ether oxygens (including phenoxy) is 1. The van der Waals surface area contributed by atoms with Crippen LogP contribution >= 0.6 is 0 Å². The van der Waals surface area contributed by atoms with Gasteiger partial charge in [-0.25, -0.2) is 0 Å².